The van der Waals surface area contributed by atoms with E-state index in [9.17, 15) is 4.79 Å². The van der Waals surface area contributed by atoms with Crippen LogP contribution in [0.5, 0.6) is 5.75 Å². The number of amides is 1. The molecule has 1 aromatic carbocycles. The summed E-state index contributed by atoms with van der Waals surface area (Å²) in [4.78, 5) is 14.0. The minimum absolute atomic E-state index is 0.195. The second-order valence-electron chi connectivity index (χ2n) is 7.79. The first-order valence-electron chi connectivity index (χ1n) is 8.55. The molecule has 128 valence electrons. The fraction of sp³-hybridized carbons (Fsp3) is 0.550. The second-order valence-corrected chi connectivity index (χ2v) is 7.79. The Kier molecular flexibility index (Phi) is 4.45. The second kappa shape index (κ2) is 6.39. The summed E-state index contributed by atoms with van der Waals surface area (Å²) in [5, 5.41) is 0. The predicted molar refractivity (Wildman–Crippen MR) is 92.8 cm³/mol. The van der Waals surface area contributed by atoms with Gasteiger partial charge in [-0.1, -0.05) is 5.92 Å². The zero-order chi connectivity index (χ0) is 17.3. The van der Waals surface area contributed by atoms with Gasteiger partial charge in [-0.25, -0.2) is 4.79 Å². The quantitative estimate of drug-likeness (QED) is 0.778. The van der Waals surface area contributed by atoms with Crippen LogP contribution in [0, 0.1) is 24.2 Å². The maximum Gasteiger partial charge on any atom is 0.410 e. The molecule has 0 spiro atoms. The molecule has 0 bridgehead atoms. The van der Waals surface area contributed by atoms with E-state index >= 15 is 0 Å². The van der Waals surface area contributed by atoms with Crippen molar-refractivity contribution in [2.24, 2.45) is 11.8 Å². The third-order valence-electron chi connectivity index (χ3n) is 4.68. The van der Waals surface area contributed by atoms with Gasteiger partial charge in [0.05, 0.1) is 6.10 Å². The molecule has 1 aliphatic heterocycles. The number of fused-ring (bicyclic) bond motifs is 1. The summed E-state index contributed by atoms with van der Waals surface area (Å²) >= 11 is 0. The van der Waals surface area contributed by atoms with Crippen LogP contribution in [0.2, 0.25) is 0 Å². The normalized spacial score (nSPS) is 25.9. The number of ether oxygens (including phenoxy) is 2. The number of benzene rings is 1. The summed E-state index contributed by atoms with van der Waals surface area (Å²) in [5.74, 6) is 4.48. The van der Waals surface area contributed by atoms with Gasteiger partial charge in [-0.2, -0.15) is 0 Å². The maximum atomic E-state index is 12.2. The van der Waals surface area contributed by atoms with Gasteiger partial charge in [-0.15, -0.1) is 6.42 Å². The number of carbonyl (C=O) groups is 1. The highest BCUT2D eigenvalue weighted by atomic mass is 16.6. The van der Waals surface area contributed by atoms with E-state index in [1.54, 1.807) is 0 Å². The third-order valence-corrected chi connectivity index (χ3v) is 4.68. The van der Waals surface area contributed by atoms with Gasteiger partial charge in [0.1, 0.15) is 11.4 Å². The van der Waals surface area contributed by atoms with E-state index in [-0.39, 0.29) is 12.2 Å². The van der Waals surface area contributed by atoms with Gasteiger partial charge in [-0.05, 0) is 69.7 Å². The Morgan fingerprint density at radius 2 is 1.75 bits per heavy atom. The molecule has 1 amide bonds. The van der Waals surface area contributed by atoms with Gasteiger partial charge in [-0.3, -0.25) is 0 Å². The molecule has 1 saturated heterocycles. The highest BCUT2D eigenvalue weighted by molar-refractivity contribution is 5.68. The molecule has 1 heterocycles. The highest BCUT2D eigenvalue weighted by Crippen LogP contribution is 2.40. The van der Waals surface area contributed by atoms with E-state index in [2.05, 4.69) is 5.92 Å². The molecule has 1 saturated carbocycles. The lowest BCUT2D eigenvalue weighted by molar-refractivity contribution is 0.0272. The van der Waals surface area contributed by atoms with E-state index < -0.39 is 5.60 Å². The van der Waals surface area contributed by atoms with Crippen molar-refractivity contribution < 1.29 is 14.3 Å². The third kappa shape index (κ3) is 3.84. The average Bonchev–Trinajstić information content (AvgIpc) is 3.04. The van der Waals surface area contributed by atoms with Crippen LogP contribution in [0.3, 0.4) is 0 Å². The first kappa shape index (κ1) is 16.7. The molecule has 4 nitrogen and oxygen atoms in total. The standard InChI is InChI=1S/C20H25NO3/c1-5-14-6-8-17(9-7-14)23-18-10-15-12-21(13-16(15)11-18)19(22)24-20(2,3)4/h1,6-9,15-16,18H,10-13H2,2-4H3. The number of carbonyl (C=O) groups excluding carboxylic acids is 1. The molecule has 0 radical (unpaired) electrons. The number of hydrogen-bond acceptors (Lipinski definition) is 3. The van der Waals surface area contributed by atoms with Gasteiger partial charge in [0.25, 0.3) is 0 Å². The smallest absolute Gasteiger partial charge is 0.410 e. The average molecular weight is 327 g/mol. The van der Waals surface area contributed by atoms with Crippen LogP contribution in [0.25, 0.3) is 0 Å². The molecule has 1 aliphatic carbocycles. The van der Waals surface area contributed by atoms with Crippen molar-refractivity contribution >= 4 is 6.09 Å². The SMILES string of the molecule is C#Cc1ccc(OC2CC3CN(C(=O)OC(C)(C)C)CC3C2)cc1. The lowest BCUT2D eigenvalue weighted by atomic mass is 10.0. The molecule has 1 aromatic rings. The maximum absolute atomic E-state index is 12.2. The van der Waals surface area contributed by atoms with Crippen molar-refractivity contribution in [3.63, 3.8) is 0 Å². The van der Waals surface area contributed by atoms with Crippen molar-refractivity contribution in [2.75, 3.05) is 13.1 Å². The zero-order valence-electron chi connectivity index (χ0n) is 14.6. The molecule has 0 aromatic heterocycles. The Hall–Kier alpha value is -2.15. The largest absolute Gasteiger partial charge is 0.490 e. The van der Waals surface area contributed by atoms with E-state index in [0.717, 1.165) is 37.2 Å². The Morgan fingerprint density at radius 3 is 2.25 bits per heavy atom. The molecule has 2 atom stereocenters. The topological polar surface area (TPSA) is 38.8 Å². The molecule has 2 fully saturated rings. The lowest BCUT2D eigenvalue weighted by Crippen LogP contribution is -2.36. The minimum atomic E-state index is -0.440. The van der Waals surface area contributed by atoms with E-state index in [1.165, 1.54) is 0 Å². The first-order valence-corrected chi connectivity index (χ1v) is 8.55. The Balaban J connectivity index is 1.51. The van der Waals surface area contributed by atoms with Crippen LogP contribution in [-0.2, 0) is 4.74 Å². The summed E-state index contributed by atoms with van der Waals surface area (Å²) < 4.78 is 11.6. The number of rotatable bonds is 2. The summed E-state index contributed by atoms with van der Waals surface area (Å²) in [6.07, 6.45) is 7.37. The molecule has 2 aliphatic rings. The molecule has 3 rings (SSSR count). The van der Waals surface area contributed by atoms with Crippen molar-refractivity contribution in [1.82, 2.24) is 4.90 Å². The summed E-state index contributed by atoms with van der Waals surface area (Å²) in [6, 6.07) is 7.65. The minimum Gasteiger partial charge on any atom is -0.490 e. The molecular weight excluding hydrogens is 302 g/mol. The number of nitrogens with zero attached hydrogens (tertiary/aromatic N) is 1. The van der Waals surface area contributed by atoms with Crippen LogP contribution in [0.4, 0.5) is 4.79 Å². The zero-order valence-corrected chi connectivity index (χ0v) is 14.6. The van der Waals surface area contributed by atoms with Crippen molar-refractivity contribution in [3.05, 3.63) is 29.8 Å². The summed E-state index contributed by atoms with van der Waals surface area (Å²) in [6.45, 7) is 7.25. The van der Waals surface area contributed by atoms with E-state index in [1.807, 2.05) is 49.9 Å². The fourth-order valence-corrected chi connectivity index (χ4v) is 3.64. The summed E-state index contributed by atoms with van der Waals surface area (Å²) in [5.41, 5.74) is 0.420. The van der Waals surface area contributed by atoms with Crippen LogP contribution in [0.15, 0.2) is 24.3 Å². The van der Waals surface area contributed by atoms with E-state index in [4.69, 9.17) is 15.9 Å². The Labute approximate surface area is 144 Å². The van der Waals surface area contributed by atoms with Crippen LogP contribution >= 0.6 is 0 Å². The molecule has 24 heavy (non-hydrogen) atoms. The van der Waals surface area contributed by atoms with E-state index in [0.29, 0.717) is 11.8 Å². The number of terminal acetylenes is 1. The van der Waals surface area contributed by atoms with Crippen molar-refractivity contribution in [1.29, 1.82) is 0 Å². The Bertz CT molecular complexity index is 624. The monoisotopic (exact) mass is 327 g/mol. The van der Waals surface area contributed by atoms with Gasteiger partial charge < -0.3 is 14.4 Å². The van der Waals surface area contributed by atoms with Crippen LogP contribution in [0.1, 0.15) is 39.2 Å². The van der Waals surface area contributed by atoms with Crippen LogP contribution in [-0.4, -0.2) is 35.8 Å². The van der Waals surface area contributed by atoms with Gasteiger partial charge in [0.2, 0.25) is 0 Å². The Morgan fingerprint density at radius 1 is 1.17 bits per heavy atom. The van der Waals surface area contributed by atoms with Crippen LogP contribution < -0.4 is 4.74 Å². The predicted octanol–water partition coefficient (Wildman–Crippen LogP) is 3.69. The van der Waals surface area contributed by atoms with Gasteiger partial charge in [0, 0.05) is 18.7 Å². The molecule has 0 N–H and O–H groups in total. The van der Waals surface area contributed by atoms with Crippen molar-refractivity contribution in [2.45, 2.75) is 45.3 Å². The highest BCUT2D eigenvalue weighted by Gasteiger charge is 2.44. The lowest BCUT2D eigenvalue weighted by Gasteiger charge is -2.25. The first-order chi connectivity index (χ1) is 11.3. The number of hydrogen-bond donors (Lipinski definition) is 0. The van der Waals surface area contributed by atoms with Gasteiger partial charge >= 0.3 is 6.09 Å². The molecular formula is C20H25NO3. The molecule has 4 heteroatoms. The van der Waals surface area contributed by atoms with Gasteiger partial charge in [0.15, 0.2) is 0 Å². The molecule has 2 unspecified atom stereocenters. The summed E-state index contributed by atoms with van der Waals surface area (Å²) in [7, 11) is 0. The van der Waals surface area contributed by atoms with Crippen molar-refractivity contribution in [3.8, 4) is 18.1 Å². The fourth-order valence-electron chi connectivity index (χ4n) is 3.64. The number of likely N-dealkylation sites (tertiary alicyclic amines) is 1.